The fourth-order valence-electron chi connectivity index (χ4n) is 1.96. The van der Waals surface area contributed by atoms with Crippen molar-refractivity contribution in [2.75, 3.05) is 0 Å². The Morgan fingerprint density at radius 1 is 1.10 bits per heavy atom. The third-order valence-electron chi connectivity index (χ3n) is 2.97. The number of fused-ring (bicyclic) bond motifs is 1. The minimum Gasteiger partial charge on any atom is -0.451 e. The van der Waals surface area contributed by atoms with Gasteiger partial charge in [-0.1, -0.05) is 29.8 Å². The highest BCUT2D eigenvalue weighted by atomic mass is 32.2. The molecule has 5 heteroatoms. The van der Waals surface area contributed by atoms with Crippen molar-refractivity contribution in [3.63, 3.8) is 0 Å². The summed E-state index contributed by atoms with van der Waals surface area (Å²) in [5, 5.41) is 0.927. The zero-order valence-corrected chi connectivity index (χ0v) is 12.2. The van der Waals surface area contributed by atoms with Crippen molar-refractivity contribution >= 4 is 28.8 Å². The highest BCUT2D eigenvalue weighted by molar-refractivity contribution is 7.97. The molecule has 0 aliphatic rings. The van der Waals surface area contributed by atoms with Crippen LogP contribution in [-0.4, -0.2) is 5.91 Å². The summed E-state index contributed by atoms with van der Waals surface area (Å²) in [6.07, 6.45) is 0. The second-order valence-corrected chi connectivity index (χ2v) is 5.50. The molecule has 0 saturated heterocycles. The molecule has 21 heavy (non-hydrogen) atoms. The van der Waals surface area contributed by atoms with E-state index in [1.165, 1.54) is 11.9 Å². The van der Waals surface area contributed by atoms with Gasteiger partial charge in [-0.3, -0.25) is 10.2 Å². The summed E-state index contributed by atoms with van der Waals surface area (Å²) in [6, 6.07) is 17.3. The molecule has 0 radical (unpaired) electrons. The first-order valence-corrected chi connectivity index (χ1v) is 7.31. The van der Waals surface area contributed by atoms with Crippen LogP contribution in [0.15, 0.2) is 63.9 Å². The number of carbonyl (C=O) groups excluding carboxylic acids is 1. The third kappa shape index (κ3) is 3.26. The van der Waals surface area contributed by atoms with Crippen LogP contribution in [0.4, 0.5) is 0 Å². The second-order valence-electron chi connectivity index (χ2n) is 4.62. The van der Waals surface area contributed by atoms with Crippen molar-refractivity contribution in [3.8, 4) is 0 Å². The SMILES string of the molecule is Cc1ccc2oc(C(=O)NNSc3ccccc3)cc2c1. The standard InChI is InChI=1S/C16H14N2O2S/c1-11-7-8-14-12(9-11)10-15(20-14)16(19)17-18-21-13-5-3-2-4-6-13/h2-10,18H,1H3,(H,17,19). The Kier molecular flexibility index (Phi) is 3.94. The summed E-state index contributed by atoms with van der Waals surface area (Å²) in [6.45, 7) is 2.00. The molecule has 106 valence electrons. The van der Waals surface area contributed by atoms with Gasteiger partial charge in [0.25, 0.3) is 0 Å². The van der Waals surface area contributed by atoms with Gasteiger partial charge in [-0.15, -0.1) is 0 Å². The van der Waals surface area contributed by atoms with Gasteiger partial charge in [0.05, 0.1) is 0 Å². The van der Waals surface area contributed by atoms with Crippen LogP contribution in [0.2, 0.25) is 0 Å². The first-order chi connectivity index (χ1) is 10.2. The molecule has 1 aromatic heterocycles. The van der Waals surface area contributed by atoms with E-state index in [-0.39, 0.29) is 11.7 Å². The summed E-state index contributed by atoms with van der Waals surface area (Å²) in [5.74, 6) is -0.0101. The van der Waals surface area contributed by atoms with E-state index in [9.17, 15) is 4.79 Å². The van der Waals surface area contributed by atoms with Crippen molar-refractivity contribution in [2.24, 2.45) is 0 Å². The Hall–Kier alpha value is -2.24. The molecule has 3 rings (SSSR count). The van der Waals surface area contributed by atoms with Crippen LogP contribution in [0.25, 0.3) is 11.0 Å². The van der Waals surface area contributed by atoms with E-state index in [4.69, 9.17) is 4.42 Å². The van der Waals surface area contributed by atoms with E-state index in [1.54, 1.807) is 6.07 Å². The lowest BCUT2D eigenvalue weighted by atomic mass is 10.2. The number of amides is 1. The lowest BCUT2D eigenvalue weighted by Crippen LogP contribution is -2.32. The van der Waals surface area contributed by atoms with Crippen LogP contribution in [0.5, 0.6) is 0 Å². The normalized spacial score (nSPS) is 10.7. The Bertz CT molecular complexity index is 768. The zero-order valence-electron chi connectivity index (χ0n) is 11.4. The van der Waals surface area contributed by atoms with E-state index in [0.717, 1.165) is 15.8 Å². The molecule has 0 atom stereocenters. The number of hydrazine groups is 1. The van der Waals surface area contributed by atoms with Crippen molar-refractivity contribution in [1.82, 2.24) is 10.3 Å². The predicted octanol–water partition coefficient (Wildman–Crippen LogP) is 3.68. The fourth-order valence-corrected chi connectivity index (χ4v) is 2.51. The van der Waals surface area contributed by atoms with Gasteiger partial charge in [-0.25, -0.2) is 0 Å². The minimum absolute atomic E-state index is 0.289. The molecular weight excluding hydrogens is 284 g/mol. The number of hydrogen-bond donors (Lipinski definition) is 2. The van der Waals surface area contributed by atoms with Gasteiger partial charge in [0.15, 0.2) is 5.76 Å². The summed E-state index contributed by atoms with van der Waals surface area (Å²) >= 11 is 1.33. The fraction of sp³-hybridized carbons (Fsp3) is 0.0625. The van der Waals surface area contributed by atoms with Crippen LogP contribution in [-0.2, 0) is 0 Å². The Morgan fingerprint density at radius 3 is 2.71 bits per heavy atom. The first kappa shape index (κ1) is 13.7. The van der Waals surface area contributed by atoms with Gasteiger partial charge in [0.2, 0.25) is 0 Å². The van der Waals surface area contributed by atoms with E-state index in [0.29, 0.717) is 5.58 Å². The van der Waals surface area contributed by atoms with Gasteiger partial charge >= 0.3 is 5.91 Å². The molecule has 0 saturated carbocycles. The highest BCUT2D eigenvalue weighted by Gasteiger charge is 2.11. The van der Waals surface area contributed by atoms with E-state index in [2.05, 4.69) is 10.3 Å². The molecule has 0 aliphatic carbocycles. The van der Waals surface area contributed by atoms with Crippen LogP contribution in [0.3, 0.4) is 0 Å². The maximum atomic E-state index is 12.0. The van der Waals surface area contributed by atoms with Crippen LogP contribution in [0, 0.1) is 6.92 Å². The Morgan fingerprint density at radius 2 is 1.90 bits per heavy atom. The third-order valence-corrected chi connectivity index (χ3v) is 3.68. The average molecular weight is 298 g/mol. The first-order valence-electron chi connectivity index (χ1n) is 6.50. The Labute approximate surface area is 126 Å². The molecule has 2 N–H and O–H groups in total. The number of carbonyl (C=O) groups is 1. The number of aryl methyl sites for hydroxylation is 1. The van der Waals surface area contributed by atoms with Crippen LogP contribution >= 0.6 is 11.9 Å². The monoisotopic (exact) mass is 298 g/mol. The molecule has 3 aromatic rings. The second kappa shape index (κ2) is 6.03. The van der Waals surface area contributed by atoms with Gasteiger partial charge < -0.3 is 4.42 Å². The molecule has 0 spiro atoms. The molecule has 4 nitrogen and oxygen atoms in total. The van der Waals surface area contributed by atoms with Crippen LogP contribution in [0.1, 0.15) is 16.1 Å². The maximum Gasteiger partial charge on any atom is 0.301 e. The van der Waals surface area contributed by atoms with Gasteiger partial charge in [0, 0.05) is 10.3 Å². The van der Waals surface area contributed by atoms with Gasteiger partial charge in [0.1, 0.15) is 5.58 Å². The summed E-state index contributed by atoms with van der Waals surface area (Å²) < 4.78 is 5.53. The zero-order chi connectivity index (χ0) is 14.7. The number of hydrogen-bond acceptors (Lipinski definition) is 4. The maximum absolute atomic E-state index is 12.0. The van der Waals surface area contributed by atoms with E-state index < -0.39 is 0 Å². The van der Waals surface area contributed by atoms with E-state index in [1.807, 2.05) is 55.5 Å². The summed E-state index contributed by atoms with van der Waals surface area (Å²) in [5.41, 5.74) is 4.45. The Balaban J connectivity index is 1.64. The van der Waals surface area contributed by atoms with Crippen LogP contribution < -0.4 is 10.3 Å². The van der Waals surface area contributed by atoms with Crippen molar-refractivity contribution in [2.45, 2.75) is 11.8 Å². The molecular formula is C16H14N2O2S. The number of furan rings is 1. The van der Waals surface area contributed by atoms with Crippen molar-refractivity contribution < 1.29 is 9.21 Å². The highest BCUT2D eigenvalue weighted by Crippen LogP contribution is 2.20. The molecule has 0 fully saturated rings. The molecule has 1 amide bonds. The molecule has 0 unspecified atom stereocenters. The van der Waals surface area contributed by atoms with Crippen molar-refractivity contribution in [1.29, 1.82) is 0 Å². The minimum atomic E-state index is -0.299. The average Bonchev–Trinajstić information content (AvgIpc) is 2.91. The number of rotatable bonds is 4. The van der Waals surface area contributed by atoms with E-state index >= 15 is 0 Å². The van der Waals surface area contributed by atoms with Gasteiger partial charge in [-0.05, 0) is 49.2 Å². The quantitative estimate of drug-likeness (QED) is 0.570. The smallest absolute Gasteiger partial charge is 0.301 e. The molecule has 1 heterocycles. The van der Waals surface area contributed by atoms with Crippen molar-refractivity contribution in [3.05, 3.63) is 65.9 Å². The molecule has 0 aliphatic heterocycles. The lowest BCUT2D eigenvalue weighted by Gasteiger charge is -2.04. The summed E-state index contributed by atoms with van der Waals surface area (Å²) in [7, 11) is 0. The number of nitrogens with one attached hydrogen (secondary N) is 2. The largest absolute Gasteiger partial charge is 0.451 e. The number of benzene rings is 2. The predicted molar refractivity (Wildman–Crippen MR) is 83.9 cm³/mol. The topological polar surface area (TPSA) is 54.3 Å². The van der Waals surface area contributed by atoms with Gasteiger partial charge in [-0.2, -0.15) is 4.83 Å². The lowest BCUT2D eigenvalue weighted by molar-refractivity contribution is 0.0921. The summed E-state index contributed by atoms with van der Waals surface area (Å²) in [4.78, 5) is 15.8. The molecule has 0 bridgehead atoms. The molecule has 2 aromatic carbocycles.